The van der Waals surface area contributed by atoms with E-state index in [1.807, 2.05) is 42.6 Å². The molecule has 1 atom stereocenters. The Balaban J connectivity index is 1.39. The predicted molar refractivity (Wildman–Crippen MR) is 144 cm³/mol. The van der Waals surface area contributed by atoms with Crippen molar-refractivity contribution in [3.8, 4) is 0 Å². The van der Waals surface area contributed by atoms with Crippen molar-refractivity contribution in [2.45, 2.75) is 50.5 Å². The number of carbonyl (C=O) groups is 1. The Hall–Kier alpha value is -3.56. The van der Waals surface area contributed by atoms with Gasteiger partial charge in [-0.2, -0.15) is 5.10 Å². The molecule has 0 aliphatic carbocycles. The number of H-pyrrole nitrogens is 1. The topological polar surface area (TPSA) is 124 Å². The average Bonchev–Trinajstić information content (AvgIpc) is 2.85. The molecule has 2 aliphatic rings. The zero-order chi connectivity index (χ0) is 26.0. The van der Waals surface area contributed by atoms with E-state index in [4.69, 9.17) is 0 Å². The molecule has 37 heavy (non-hydrogen) atoms. The summed E-state index contributed by atoms with van der Waals surface area (Å²) in [7, 11) is 0. The smallest absolute Gasteiger partial charge is 0.287 e. The minimum atomic E-state index is -0.757. The number of hydrogen-bond donors (Lipinski definition) is 5. The molecule has 1 amide bonds. The van der Waals surface area contributed by atoms with Crippen LogP contribution in [0.5, 0.6) is 0 Å². The number of carbonyl (C=O) groups excluding carboxylic acids is 1. The Bertz CT molecular complexity index is 1300. The second kappa shape index (κ2) is 10.1. The summed E-state index contributed by atoms with van der Waals surface area (Å²) in [5.41, 5.74) is 2.78. The molecule has 5 N–H and O–H groups in total. The lowest BCUT2D eigenvalue weighted by Crippen LogP contribution is -2.56. The molecule has 9 nitrogen and oxygen atoms in total. The maximum Gasteiger partial charge on any atom is 0.287 e. The van der Waals surface area contributed by atoms with E-state index in [1.54, 1.807) is 6.07 Å². The highest BCUT2D eigenvalue weighted by atomic mass is 16.2. The summed E-state index contributed by atoms with van der Waals surface area (Å²) >= 11 is 0. The highest BCUT2D eigenvalue weighted by Gasteiger charge is 2.38. The van der Waals surface area contributed by atoms with Crippen molar-refractivity contribution in [3.05, 3.63) is 81.4 Å². The van der Waals surface area contributed by atoms with Gasteiger partial charge in [-0.25, -0.2) is 10.1 Å². The van der Waals surface area contributed by atoms with Crippen LogP contribution < -0.4 is 26.8 Å². The molecule has 4 heterocycles. The van der Waals surface area contributed by atoms with Crippen LogP contribution in [0.1, 0.15) is 66.7 Å². The molecule has 2 saturated heterocycles. The van der Waals surface area contributed by atoms with Gasteiger partial charge in [0.25, 0.3) is 11.5 Å². The van der Waals surface area contributed by atoms with E-state index in [2.05, 4.69) is 57.2 Å². The van der Waals surface area contributed by atoms with Gasteiger partial charge in [0, 0.05) is 37.3 Å². The number of piperidine rings is 1. The van der Waals surface area contributed by atoms with E-state index < -0.39 is 5.54 Å². The zero-order valence-corrected chi connectivity index (χ0v) is 21.6. The maximum atomic E-state index is 13.3. The largest absolute Gasteiger partial charge is 0.340 e. The number of anilines is 2. The van der Waals surface area contributed by atoms with Gasteiger partial charge in [0.1, 0.15) is 11.5 Å². The average molecular weight is 502 g/mol. The quantitative estimate of drug-likeness (QED) is 0.352. The lowest BCUT2D eigenvalue weighted by molar-refractivity contribution is 0.0872. The Morgan fingerprint density at radius 1 is 1.08 bits per heavy atom. The normalized spacial score (nSPS) is 20.2. The van der Waals surface area contributed by atoms with E-state index in [0.717, 1.165) is 26.1 Å². The van der Waals surface area contributed by atoms with Gasteiger partial charge in [0.15, 0.2) is 0 Å². The maximum absolute atomic E-state index is 13.3. The highest BCUT2D eigenvalue weighted by Crippen LogP contribution is 2.29. The number of nitrogens with one attached hydrogen (secondary N) is 5. The molecule has 0 spiro atoms. The van der Waals surface area contributed by atoms with E-state index in [-0.39, 0.29) is 16.9 Å². The lowest BCUT2D eigenvalue weighted by Gasteiger charge is -2.38. The fraction of sp³-hybridized carbons (Fsp3) is 0.429. The summed E-state index contributed by atoms with van der Waals surface area (Å²) in [5.74, 6) is 0.899. The van der Waals surface area contributed by atoms with Crippen molar-refractivity contribution < 1.29 is 4.79 Å². The number of hydrogen-bond acceptors (Lipinski definition) is 7. The van der Waals surface area contributed by atoms with Crippen molar-refractivity contribution in [1.29, 1.82) is 0 Å². The van der Waals surface area contributed by atoms with E-state index >= 15 is 0 Å². The van der Waals surface area contributed by atoms with Gasteiger partial charge < -0.3 is 21.3 Å². The van der Waals surface area contributed by atoms with Gasteiger partial charge in [-0.1, -0.05) is 39.0 Å². The van der Waals surface area contributed by atoms with Crippen molar-refractivity contribution in [2.24, 2.45) is 0 Å². The number of pyridine rings is 1. The molecule has 1 aromatic carbocycles. The lowest BCUT2D eigenvalue weighted by atomic mass is 9.85. The van der Waals surface area contributed by atoms with Gasteiger partial charge in [0.05, 0.1) is 11.2 Å². The second-order valence-corrected chi connectivity index (χ2v) is 11.1. The molecular weight excluding hydrogens is 466 g/mol. The minimum absolute atomic E-state index is 0.0103. The van der Waals surface area contributed by atoms with Crippen LogP contribution in [0.4, 0.5) is 11.5 Å². The molecule has 5 rings (SSSR count). The first-order chi connectivity index (χ1) is 17.7. The van der Waals surface area contributed by atoms with Gasteiger partial charge in [-0.15, -0.1) is 0 Å². The van der Waals surface area contributed by atoms with Crippen LogP contribution in [0.25, 0.3) is 0 Å². The van der Waals surface area contributed by atoms with Gasteiger partial charge in [-0.05, 0) is 60.2 Å². The Morgan fingerprint density at radius 2 is 1.86 bits per heavy atom. The predicted octanol–water partition coefficient (Wildman–Crippen LogP) is 2.90. The van der Waals surface area contributed by atoms with Gasteiger partial charge >= 0.3 is 0 Å². The number of benzene rings is 1. The van der Waals surface area contributed by atoms with Crippen LogP contribution in [0.3, 0.4) is 0 Å². The van der Waals surface area contributed by atoms with E-state index in [0.29, 0.717) is 41.6 Å². The minimum Gasteiger partial charge on any atom is -0.340 e. The summed E-state index contributed by atoms with van der Waals surface area (Å²) in [6.45, 7) is 9.74. The molecule has 2 aliphatic heterocycles. The molecule has 9 heteroatoms. The van der Waals surface area contributed by atoms with Crippen molar-refractivity contribution in [1.82, 2.24) is 31.1 Å². The van der Waals surface area contributed by atoms with Crippen molar-refractivity contribution in [2.75, 3.05) is 31.5 Å². The summed E-state index contributed by atoms with van der Waals surface area (Å²) in [4.78, 5) is 30.5. The van der Waals surface area contributed by atoms with Crippen molar-refractivity contribution in [3.63, 3.8) is 0 Å². The zero-order valence-electron chi connectivity index (χ0n) is 21.6. The van der Waals surface area contributed by atoms with Gasteiger partial charge in [-0.3, -0.25) is 9.59 Å². The van der Waals surface area contributed by atoms with E-state index in [1.165, 1.54) is 11.1 Å². The molecule has 0 unspecified atom stereocenters. The Kier molecular flexibility index (Phi) is 6.83. The Labute approximate surface area is 216 Å². The standard InChI is InChI=1S/C28H35N7O2/c1-27(2,3)21-8-5-18(6-9-21)25(36)33-28(11-4-12-29-17-28)23-13-22(26(37)35-34-23)32-24-10-7-19(16-31-24)20-14-30-15-20/h5-10,13,16,20,29-30H,4,11-12,14-15,17H2,1-3H3,(H,33,36)(H,35,37)(H,31,32,34)/t28-/m1/s1. The first-order valence-electron chi connectivity index (χ1n) is 12.9. The monoisotopic (exact) mass is 501 g/mol. The molecule has 2 aromatic heterocycles. The molecular formula is C28H35N7O2. The molecule has 2 fully saturated rings. The molecule has 0 radical (unpaired) electrons. The first kappa shape index (κ1) is 25.1. The van der Waals surface area contributed by atoms with E-state index in [9.17, 15) is 9.59 Å². The Morgan fingerprint density at radius 3 is 2.46 bits per heavy atom. The SMILES string of the molecule is CC(C)(C)c1ccc(C(=O)N[C@]2(c3cc(Nc4ccc(C5CNC5)cn4)c(=O)[nH]n3)CCCNC2)cc1. The van der Waals surface area contributed by atoms with Crippen LogP contribution in [0, 0.1) is 0 Å². The first-order valence-corrected chi connectivity index (χ1v) is 12.9. The van der Waals surface area contributed by atoms with Crippen LogP contribution >= 0.6 is 0 Å². The summed E-state index contributed by atoms with van der Waals surface area (Å²) in [6, 6.07) is 13.4. The van der Waals surface area contributed by atoms with Crippen LogP contribution in [-0.2, 0) is 11.0 Å². The third-order valence-corrected chi connectivity index (χ3v) is 7.35. The fourth-order valence-electron chi connectivity index (χ4n) is 4.83. The number of nitrogens with zero attached hydrogens (tertiary/aromatic N) is 2. The number of aromatic amines is 1. The third-order valence-electron chi connectivity index (χ3n) is 7.35. The number of aromatic nitrogens is 3. The highest BCUT2D eigenvalue weighted by molar-refractivity contribution is 5.94. The second-order valence-electron chi connectivity index (χ2n) is 11.1. The van der Waals surface area contributed by atoms with Crippen LogP contribution in [0.15, 0.2) is 53.5 Å². The molecule has 194 valence electrons. The number of rotatable bonds is 6. The third kappa shape index (κ3) is 5.42. The van der Waals surface area contributed by atoms with Crippen LogP contribution in [-0.4, -0.2) is 47.3 Å². The fourth-order valence-corrected chi connectivity index (χ4v) is 4.83. The molecule has 3 aromatic rings. The summed E-state index contributed by atoms with van der Waals surface area (Å²) in [5, 5.41) is 20.0. The molecule has 0 saturated carbocycles. The van der Waals surface area contributed by atoms with Crippen LogP contribution in [0.2, 0.25) is 0 Å². The molecule has 0 bridgehead atoms. The summed E-state index contributed by atoms with van der Waals surface area (Å²) < 4.78 is 0. The summed E-state index contributed by atoms with van der Waals surface area (Å²) in [6.07, 6.45) is 3.42. The van der Waals surface area contributed by atoms with Crippen molar-refractivity contribution >= 4 is 17.4 Å². The number of amides is 1. The van der Waals surface area contributed by atoms with Gasteiger partial charge in [0.2, 0.25) is 0 Å².